The van der Waals surface area contributed by atoms with Gasteiger partial charge in [-0.25, -0.2) is 0 Å². The summed E-state index contributed by atoms with van der Waals surface area (Å²) in [6.07, 6.45) is 0.138. The molecule has 0 bridgehead atoms. The molecule has 1 fully saturated rings. The van der Waals surface area contributed by atoms with Gasteiger partial charge >= 0.3 is 5.97 Å². The number of nitrogens with zero attached hydrogens (tertiary/aromatic N) is 1. The van der Waals surface area contributed by atoms with Gasteiger partial charge in [-0.05, 0) is 16.5 Å². The molecule has 2 atom stereocenters. The summed E-state index contributed by atoms with van der Waals surface area (Å²) in [6, 6.07) is 6.49. The topological polar surface area (TPSA) is 86.7 Å². The third-order valence-corrected chi connectivity index (χ3v) is 5.69. The Morgan fingerprint density at radius 1 is 1.26 bits per heavy atom. The molecular weight excluding hydrogens is 364 g/mol. The summed E-state index contributed by atoms with van der Waals surface area (Å²) in [4.78, 5) is 37.7. The smallest absolute Gasteiger partial charge is 0.305 e. The van der Waals surface area contributed by atoms with Crippen molar-refractivity contribution in [1.29, 1.82) is 0 Å². The lowest BCUT2D eigenvalue weighted by molar-refractivity contribution is -0.140. The highest BCUT2D eigenvalue weighted by Gasteiger charge is 2.35. The minimum absolute atomic E-state index is 0.00778. The highest BCUT2D eigenvalue weighted by atomic mass is 32.2. The largest absolute Gasteiger partial charge is 0.481 e. The molecule has 1 aliphatic heterocycles. The molecule has 2 unspecified atom stereocenters. The van der Waals surface area contributed by atoms with E-state index in [1.54, 1.807) is 11.8 Å². The molecule has 27 heavy (non-hydrogen) atoms. The first-order valence-electron chi connectivity index (χ1n) is 9.13. The van der Waals surface area contributed by atoms with Gasteiger partial charge < -0.3 is 15.3 Å². The van der Waals surface area contributed by atoms with Crippen LogP contribution in [-0.4, -0.2) is 45.5 Å². The Bertz CT molecular complexity index is 697. The quantitative estimate of drug-likeness (QED) is 0.777. The Labute approximate surface area is 164 Å². The fourth-order valence-electron chi connectivity index (χ4n) is 3.02. The third-order valence-electron chi connectivity index (χ3n) is 4.68. The van der Waals surface area contributed by atoms with Crippen molar-refractivity contribution in [2.24, 2.45) is 0 Å². The maximum atomic E-state index is 12.8. The van der Waals surface area contributed by atoms with Gasteiger partial charge in [-0.15, -0.1) is 11.8 Å². The van der Waals surface area contributed by atoms with Gasteiger partial charge in [0, 0.05) is 12.2 Å². The first kappa shape index (κ1) is 21.3. The van der Waals surface area contributed by atoms with Crippen LogP contribution in [0.5, 0.6) is 0 Å². The number of hydrogen-bond donors (Lipinski definition) is 2. The Morgan fingerprint density at radius 2 is 1.89 bits per heavy atom. The fourth-order valence-corrected chi connectivity index (χ4v) is 4.20. The number of amides is 2. The molecule has 1 aromatic carbocycles. The molecule has 2 rings (SSSR count). The Balaban J connectivity index is 2.18. The predicted molar refractivity (Wildman–Crippen MR) is 107 cm³/mol. The third kappa shape index (κ3) is 5.48. The number of benzene rings is 1. The Hall–Kier alpha value is -2.02. The van der Waals surface area contributed by atoms with Gasteiger partial charge in [-0.3, -0.25) is 14.4 Å². The molecule has 6 nitrogen and oxygen atoms in total. The molecule has 0 aliphatic carbocycles. The summed E-state index contributed by atoms with van der Waals surface area (Å²) in [7, 11) is 0. The zero-order valence-corrected chi connectivity index (χ0v) is 17.1. The van der Waals surface area contributed by atoms with Crippen molar-refractivity contribution in [3.8, 4) is 0 Å². The first-order chi connectivity index (χ1) is 12.6. The number of aliphatic carboxylic acids is 1. The number of thioether (sulfide) groups is 1. The SMILES string of the molecule is CCC(=O)N1CSCC1C(=O)NC(CC(=O)O)c1ccc(C(C)(C)C)cc1. The second-order valence-electron chi connectivity index (χ2n) is 7.76. The van der Waals surface area contributed by atoms with Crippen molar-refractivity contribution in [3.63, 3.8) is 0 Å². The van der Waals surface area contributed by atoms with Gasteiger partial charge in [0.2, 0.25) is 11.8 Å². The minimum atomic E-state index is -0.984. The molecule has 1 saturated heterocycles. The van der Waals surface area contributed by atoms with Gasteiger partial charge in [0.15, 0.2) is 0 Å². The van der Waals surface area contributed by atoms with Crippen molar-refractivity contribution in [3.05, 3.63) is 35.4 Å². The lowest BCUT2D eigenvalue weighted by Crippen LogP contribution is -2.48. The van der Waals surface area contributed by atoms with E-state index in [2.05, 4.69) is 26.1 Å². The molecule has 1 heterocycles. The monoisotopic (exact) mass is 392 g/mol. The molecule has 1 aliphatic rings. The highest BCUT2D eigenvalue weighted by Crippen LogP contribution is 2.26. The minimum Gasteiger partial charge on any atom is -0.481 e. The standard InChI is InChI=1S/C20H28N2O4S/c1-5-17(23)22-12-27-11-16(22)19(26)21-15(10-18(24)25)13-6-8-14(9-7-13)20(2,3)4/h6-9,15-16H,5,10-12H2,1-4H3,(H,21,26)(H,24,25). The summed E-state index contributed by atoms with van der Waals surface area (Å²) >= 11 is 1.53. The van der Waals surface area contributed by atoms with E-state index in [0.717, 1.165) is 11.1 Å². The molecule has 0 aromatic heterocycles. The van der Waals surface area contributed by atoms with E-state index < -0.39 is 18.1 Å². The van der Waals surface area contributed by atoms with Crippen LogP contribution in [0.25, 0.3) is 0 Å². The van der Waals surface area contributed by atoms with E-state index in [1.807, 2.05) is 24.3 Å². The molecule has 1 aromatic rings. The van der Waals surface area contributed by atoms with Gasteiger partial charge in [-0.1, -0.05) is 52.0 Å². The van der Waals surface area contributed by atoms with Crippen molar-refractivity contribution in [1.82, 2.24) is 10.2 Å². The van der Waals surface area contributed by atoms with Gasteiger partial charge in [-0.2, -0.15) is 0 Å². The van der Waals surface area contributed by atoms with Crippen LogP contribution in [0.1, 0.15) is 57.7 Å². The number of carbonyl (C=O) groups excluding carboxylic acids is 2. The lowest BCUT2D eigenvalue weighted by Gasteiger charge is -2.26. The van der Waals surface area contributed by atoms with Crippen molar-refractivity contribution in [2.45, 2.75) is 58.0 Å². The maximum absolute atomic E-state index is 12.8. The molecular formula is C20H28N2O4S. The van der Waals surface area contributed by atoms with Crippen LogP contribution in [0, 0.1) is 0 Å². The normalized spacial score (nSPS) is 18.2. The van der Waals surface area contributed by atoms with Gasteiger partial charge in [0.1, 0.15) is 6.04 Å². The van der Waals surface area contributed by atoms with E-state index in [9.17, 15) is 19.5 Å². The summed E-state index contributed by atoms with van der Waals surface area (Å²) in [5, 5.41) is 12.1. The van der Waals surface area contributed by atoms with E-state index in [4.69, 9.17) is 0 Å². The van der Waals surface area contributed by atoms with Gasteiger partial charge in [0.05, 0.1) is 18.3 Å². The van der Waals surface area contributed by atoms with Gasteiger partial charge in [0.25, 0.3) is 0 Å². The van der Waals surface area contributed by atoms with E-state index in [-0.39, 0.29) is 23.7 Å². The molecule has 7 heteroatoms. The summed E-state index contributed by atoms with van der Waals surface area (Å²) in [5.41, 5.74) is 1.88. The average molecular weight is 393 g/mol. The van der Waals surface area contributed by atoms with Crippen LogP contribution in [0.15, 0.2) is 24.3 Å². The fraction of sp³-hybridized carbons (Fsp3) is 0.550. The van der Waals surface area contributed by atoms with E-state index >= 15 is 0 Å². The maximum Gasteiger partial charge on any atom is 0.305 e. The average Bonchev–Trinajstić information content (AvgIpc) is 3.09. The second kappa shape index (κ2) is 8.78. The van der Waals surface area contributed by atoms with Crippen LogP contribution < -0.4 is 5.32 Å². The number of carboxylic acids is 1. The molecule has 0 radical (unpaired) electrons. The van der Waals surface area contributed by atoms with Crippen molar-refractivity contribution in [2.75, 3.05) is 11.6 Å². The van der Waals surface area contributed by atoms with Crippen LogP contribution in [0.2, 0.25) is 0 Å². The summed E-state index contributed by atoms with van der Waals surface area (Å²) in [6.45, 7) is 8.09. The number of hydrogen-bond acceptors (Lipinski definition) is 4. The Morgan fingerprint density at radius 3 is 2.41 bits per heavy atom. The Kier molecular flexibility index (Phi) is 6.92. The molecule has 0 saturated carbocycles. The number of carbonyl (C=O) groups is 3. The van der Waals surface area contributed by atoms with Crippen LogP contribution in [0.4, 0.5) is 0 Å². The predicted octanol–water partition coefficient (Wildman–Crippen LogP) is 2.93. The first-order valence-corrected chi connectivity index (χ1v) is 10.3. The van der Waals surface area contributed by atoms with E-state index in [1.165, 1.54) is 11.8 Å². The van der Waals surface area contributed by atoms with Crippen LogP contribution in [0.3, 0.4) is 0 Å². The molecule has 0 spiro atoms. The van der Waals surface area contributed by atoms with Crippen LogP contribution in [-0.2, 0) is 19.8 Å². The summed E-state index contributed by atoms with van der Waals surface area (Å²) < 4.78 is 0. The molecule has 148 valence electrons. The summed E-state index contributed by atoms with van der Waals surface area (Å²) in [5.74, 6) is -0.325. The number of nitrogens with one attached hydrogen (secondary N) is 1. The van der Waals surface area contributed by atoms with Crippen molar-refractivity contribution < 1.29 is 19.5 Å². The highest BCUT2D eigenvalue weighted by molar-refractivity contribution is 7.99. The van der Waals surface area contributed by atoms with E-state index in [0.29, 0.717) is 18.1 Å². The lowest BCUT2D eigenvalue weighted by atomic mass is 9.86. The number of rotatable bonds is 6. The number of carboxylic acid groups (broad SMARTS) is 1. The second-order valence-corrected chi connectivity index (χ2v) is 8.76. The zero-order valence-electron chi connectivity index (χ0n) is 16.3. The van der Waals surface area contributed by atoms with Crippen molar-refractivity contribution >= 4 is 29.5 Å². The molecule has 2 amide bonds. The zero-order chi connectivity index (χ0) is 20.2. The molecule has 2 N–H and O–H groups in total. The van der Waals surface area contributed by atoms with Crippen LogP contribution >= 0.6 is 11.8 Å².